The van der Waals surface area contributed by atoms with E-state index in [0.29, 0.717) is 11.5 Å². The molecule has 0 saturated carbocycles. The van der Waals surface area contributed by atoms with Gasteiger partial charge in [-0.2, -0.15) is 0 Å². The molecule has 0 unspecified atom stereocenters. The second-order valence-electron chi connectivity index (χ2n) is 5.72. The summed E-state index contributed by atoms with van der Waals surface area (Å²) in [7, 11) is 1.63. The monoisotopic (exact) mass is 284 g/mol. The highest BCUT2D eigenvalue weighted by molar-refractivity contribution is 6.06. The van der Waals surface area contributed by atoms with Crippen LogP contribution >= 0.6 is 0 Å². The molecule has 0 bridgehead atoms. The molecule has 0 atom stereocenters. The fraction of sp³-hybridized carbons (Fsp3) is 0.412. The fourth-order valence-corrected chi connectivity index (χ4v) is 2.82. The number of benzene rings is 1. The van der Waals surface area contributed by atoms with E-state index in [1.54, 1.807) is 13.3 Å². The summed E-state index contributed by atoms with van der Waals surface area (Å²) in [6.07, 6.45) is 3.87. The number of pyridine rings is 1. The van der Waals surface area contributed by atoms with Gasteiger partial charge in [-0.25, -0.2) is 0 Å². The minimum absolute atomic E-state index is 0.0996. The Bertz CT molecular complexity index is 661. The zero-order valence-electron chi connectivity index (χ0n) is 12.5. The van der Waals surface area contributed by atoms with Crippen LogP contribution in [-0.4, -0.2) is 36.0 Å². The van der Waals surface area contributed by atoms with Gasteiger partial charge in [-0.3, -0.25) is 9.78 Å². The summed E-state index contributed by atoms with van der Waals surface area (Å²) >= 11 is 0. The molecular weight excluding hydrogens is 264 g/mol. The van der Waals surface area contributed by atoms with E-state index in [2.05, 4.69) is 11.9 Å². The van der Waals surface area contributed by atoms with E-state index in [1.165, 1.54) is 0 Å². The average molecular weight is 284 g/mol. The van der Waals surface area contributed by atoms with Crippen LogP contribution in [0.15, 0.2) is 30.5 Å². The summed E-state index contributed by atoms with van der Waals surface area (Å²) in [5, 5.41) is 0.862. The van der Waals surface area contributed by atoms with Gasteiger partial charge in [0, 0.05) is 24.7 Å². The molecule has 4 nitrogen and oxygen atoms in total. The smallest absolute Gasteiger partial charge is 0.254 e. The number of ether oxygens (including phenoxy) is 1. The van der Waals surface area contributed by atoms with Crippen molar-refractivity contribution in [2.45, 2.75) is 19.8 Å². The molecule has 1 aromatic heterocycles. The number of carbonyl (C=O) groups excluding carboxylic acids is 1. The summed E-state index contributed by atoms with van der Waals surface area (Å²) in [6, 6.07) is 7.46. The van der Waals surface area contributed by atoms with Gasteiger partial charge >= 0.3 is 0 Å². The first kappa shape index (κ1) is 13.9. The largest absolute Gasteiger partial charge is 0.497 e. The average Bonchev–Trinajstić information content (AvgIpc) is 2.54. The molecule has 0 spiro atoms. The quantitative estimate of drug-likeness (QED) is 0.851. The lowest BCUT2D eigenvalue weighted by Crippen LogP contribution is -2.38. The van der Waals surface area contributed by atoms with Crippen molar-refractivity contribution in [3.05, 3.63) is 36.0 Å². The lowest BCUT2D eigenvalue weighted by Gasteiger charge is -2.30. The van der Waals surface area contributed by atoms with E-state index in [9.17, 15) is 4.79 Å². The van der Waals surface area contributed by atoms with Gasteiger partial charge in [0.25, 0.3) is 5.91 Å². The third kappa shape index (κ3) is 2.71. The Hall–Kier alpha value is -2.10. The van der Waals surface area contributed by atoms with Crippen LogP contribution in [-0.2, 0) is 0 Å². The van der Waals surface area contributed by atoms with Crippen molar-refractivity contribution in [3.8, 4) is 5.75 Å². The summed E-state index contributed by atoms with van der Waals surface area (Å²) in [5.41, 5.74) is 1.54. The van der Waals surface area contributed by atoms with Gasteiger partial charge in [0.15, 0.2) is 0 Å². The highest BCUT2D eigenvalue weighted by Crippen LogP contribution is 2.25. The maximum Gasteiger partial charge on any atom is 0.254 e. The van der Waals surface area contributed by atoms with Gasteiger partial charge in [-0.1, -0.05) is 6.92 Å². The number of likely N-dealkylation sites (tertiary alicyclic amines) is 1. The first-order valence-corrected chi connectivity index (χ1v) is 7.41. The van der Waals surface area contributed by atoms with Gasteiger partial charge in [0.1, 0.15) is 5.75 Å². The van der Waals surface area contributed by atoms with Crippen LogP contribution in [0.5, 0.6) is 5.75 Å². The molecule has 21 heavy (non-hydrogen) atoms. The fourth-order valence-electron chi connectivity index (χ4n) is 2.82. The molecule has 1 saturated heterocycles. The zero-order chi connectivity index (χ0) is 14.8. The lowest BCUT2D eigenvalue weighted by atomic mass is 9.98. The van der Waals surface area contributed by atoms with E-state index in [0.717, 1.165) is 42.6 Å². The topological polar surface area (TPSA) is 42.4 Å². The third-order valence-corrected chi connectivity index (χ3v) is 4.25. The van der Waals surface area contributed by atoms with Gasteiger partial charge in [-0.15, -0.1) is 0 Å². The normalized spacial score (nSPS) is 16.2. The predicted octanol–water partition coefficient (Wildman–Crippen LogP) is 3.12. The molecule has 110 valence electrons. The van der Waals surface area contributed by atoms with E-state index in [1.807, 2.05) is 29.2 Å². The Morgan fingerprint density at radius 3 is 2.76 bits per heavy atom. The number of rotatable bonds is 2. The van der Waals surface area contributed by atoms with Crippen molar-refractivity contribution < 1.29 is 9.53 Å². The van der Waals surface area contributed by atoms with Crippen molar-refractivity contribution >= 4 is 16.8 Å². The van der Waals surface area contributed by atoms with Crippen molar-refractivity contribution in [2.75, 3.05) is 20.2 Å². The Morgan fingerprint density at radius 2 is 2.05 bits per heavy atom. The molecule has 1 aromatic carbocycles. The van der Waals surface area contributed by atoms with Crippen molar-refractivity contribution in [1.29, 1.82) is 0 Å². The summed E-state index contributed by atoms with van der Waals surface area (Å²) in [4.78, 5) is 19.1. The highest BCUT2D eigenvalue weighted by atomic mass is 16.5. The van der Waals surface area contributed by atoms with Crippen molar-refractivity contribution in [2.24, 2.45) is 5.92 Å². The van der Waals surface area contributed by atoms with Crippen LogP contribution in [0.1, 0.15) is 30.1 Å². The number of amides is 1. The number of fused-ring (bicyclic) bond motifs is 1. The first-order chi connectivity index (χ1) is 10.2. The van der Waals surface area contributed by atoms with E-state index >= 15 is 0 Å². The lowest BCUT2D eigenvalue weighted by molar-refractivity contribution is 0.0699. The molecule has 2 heterocycles. The van der Waals surface area contributed by atoms with Gasteiger partial charge in [-0.05, 0) is 43.0 Å². The van der Waals surface area contributed by atoms with E-state index in [4.69, 9.17) is 4.74 Å². The molecule has 1 amide bonds. The standard InChI is InChI=1S/C17H20N2O2/c1-12-6-9-19(10-7-12)17(20)14-5-8-18-16-4-3-13(21-2)11-15(14)16/h3-5,8,11-12H,6-7,9-10H2,1-2H3. The van der Waals surface area contributed by atoms with Gasteiger partial charge in [0.05, 0.1) is 18.2 Å². The number of piperidine rings is 1. The first-order valence-electron chi connectivity index (χ1n) is 7.41. The van der Waals surface area contributed by atoms with Crippen molar-refractivity contribution in [1.82, 2.24) is 9.88 Å². The number of hydrogen-bond acceptors (Lipinski definition) is 3. The Balaban J connectivity index is 1.97. The van der Waals surface area contributed by atoms with Crippen LogP contribution < -0.4 is 4.74 Å². The van der Waals surface area contributed by atoms with Crippen LogP contribution in [0, 0.1) is 5.92 Å². The molecule has 0 radical (unpaired) electrons. The second kappa shape index (κ2) is 5.72. The molecule has 1 aliphatic heterocycles. The SMILES string of the molecule is COc1ccc2nccc(C(=O)N3CCC(C)CC3)c2c1. The van der Waals surface area contributed by atoms with Gasteiger partial charge in [0.2, 0.25) is 0 Å². The van der Waals surface area contributed by atoms with Crippen molar-refractivity contribution in [3.63, 3.8) is 0 Å². The number of aromatic nitrogens is 1. The van der Waals surface area contributed by atoms with Crippen LogP contribution in [0.25, 0.3) is 10.9 Å². The summed E-state index contributed by atoms with van der Waals surface area (Å²) in [6.45, 7) is 3.93. The summed E-state index contributed by atoms with van der Waals surface area (Å²) < 4.78 is 5.26. The molecule has 0 N–H and O–H groups in total. The number of carbonyl (C=O) groups is 1. The van der Waals surface area contributed by atoms with Crippen LogP contribution in [0.4, 0.5) is 0 Å². The molecule has 1 aliphatic rings. The number of nitrogens with zero attached hydrogens (tertiary/aromatic N) is 2. The Morgan fingerprint density at radius 1 is 1.29 bits per heavy atom. The minimum atomic E-state index is 0.0996. The maximum atomic E-state index is 12.8. The Kier molecular flexibility index (Phi) is 3.78. The van der Waals surface area contributed by atoms with Crippen LogP contribution in [0.2, 0.25) is 0 Å². The van der Waals surface area contributed by atoms with E-state index in [-0.39, 0.29) is 5.91 Å². The second-order valence-corrected chi connectivity index (χ2v) is 5.72. The van der Waals surface area contributed by atoms with E-state index < -0.39 is 0 Å². The molecular formula is C17H20N2O2. The highest BCUT2D eigenvalue weighted by Gasteiger charge is 2.22. The molecule has 1 fully saturated rings. The van der Waals surface area contributed by atoms with Crippen LogP contribution in [0.3, 0.4) is 0 Å². The Labute approximate surface area is 124 Å². The summed E-state index contributed by atoms with van der Waals surface area (Å²) in [5.74, 6) is 1.56. The molecule has 4 heteroatoms. The zero-order valence-corrected chi connectivity index (χ0v) is 12.5. The third-order valence-electron chi connectivity index (χ3n) is 4.25. The predicted molar refractivity (Wildman–Crippen MR) is 82.6 cm³/mol. The molecule has 0 aliphatic carbocycles. The molecule has 2 aromatic rings. The number of methoxy groups -OCH3 is 1. The molecule has 3 rings (SSSR count). The van der Waals surface area contributed by atoms with Gasteiger partial charge < -0.3 is 9.64 Å². The minimum Gasteiger partial charge on any atom is -0.497 e. The maximum absolute atomic E-state index is 12.8. The number of hydrogen-bond donors (Lipinski definition) is 0.